The second-order valence-corrected chi connectivity index (χ2v) is 12.3. The summed E-state index contributed by atoms with van der Waals surface area (Å²) in [5.74, 6) is -5.07. The molecule has 0 radical (unpaired) electrons. The normalized spacial score (nSPS) is 18.3. The lowest BCUT2D eigenvalue weighted by atomic mass is 9.89. The molecule has 1 saturated heterocycles. The molecule has 1 unspecified atom stereocenters. The molecule has 0 saturated carbocycles. The van der Waals surface area contributed by atoms with Gasteiger partial charge in [-0.2, -0.15) is 9.36 Å². The third-order valence-corrected chi connectivity index (χ3v) is 8.81. The third-order valence-electron chi connectivity index (χ3n) is 6.87. The zero-order valence-electron chi connectivity index (χ0n) is 24.3. The molecule has 2 aromatic rings. The Kier molecular flexibility index (Phi) is 9.63. The van der Waals surface area contributed by atoms with Crippen LogP contribution in [-0.4, -0.2) is 89.2 Å². The van der Waals surface area contributed by atoms with E-state index in [-0.39, 0.29) is 53.5 Å². The van der Waals surface area contributed by atoms with Gasteiger partial charge in [0.1, 0.15) is 0 Å². The van der Waals surface area contributed by atoms with Crippen LogP contribution < -0.4 is 37.6 Å². The van der Waals surface area contributed by atoms with E-state index in [0.717, 1.165) is 16.4 Å². The molecule has 0 spiro atoms. The number of urea groups is 1. The molecule has 0 bridgehead atoms. The number of rotatable bonds is 13. The molecular weight excluding hydrogens is 634 g/mol. The Labute approximate surface area is 263 Å². The van der Waals surface area contributed by atoms with Crippen LogP contribution in [0.3, 0.4) is 0 Å². The Bertz CT molecular complexity index is 1620. The van der Waals surface area contributed by atoms with E-state index in [1.807, 2.05) is 0 Å². The van der Waals surface area contributed by atoms with Gasteiger partial charge in [-0.05, 0) is 13.8 Å². The molecule has 3 amide bonds. The maximum absolute atomic E-state index is 13.3. The fraction of sp³-hybridized carbons (Fsp3) is 0.458. The molecule has 2 atom stereocenters. The number of carbonyl (C=O) groups is 5. The van der Waals surface area contributed by atoms with Crippen molar-refractivity contribution in [2.75, 3.05) is 35.6 Å². The largest absolute Gasteiger partial charge is 0.543 e. The van der Waals surface area contributed by atoms with Crippen LogP contribution in [0.2, 0.25) is 0 Å². The highest BCUT2D eigenvalue weighted by Crippen LogP contribution is 2.45. The second-order valence-electron chi connectivity index (χ2n) is 10.4. The number of anilines is 3. The molecule has 45 heavy (non-hydrogen) atoms. The number of β-lactam (4-membered cyclic amide) rings is 1. The number of ketones is 1. The van der Waals surface area contributed by atoms with Gasteiger partial charge in [0.25, 0.3) is 0 Å². The molecule has 19 nitrogen and oxygen atoms in total. The fourth-order valence-electron chi connectivity index (χ4n) is 4.38. The molecule has 242 valence electrons. The van der Waals surface area contributed by atoms with Crippen molar-refractivity contribution in [3.05, 3.63) is 23.3 Å². The van der Waals surface area contributed by atoms with E-state index < -0.39 is 58.7 Å². The smallest absolute Gasteiger partial charge is 0.350 e. The maximum Gasteiger partial charge on any atom is 0.350 e. The average molecular weight is 666 g/mol. The van der Waals surface area contributed by atoms with Crippen molar-refractivity contribution in [1.29, 1.82) is 0 Å². The Hall–Kier alpha value is -4.76. The first-order chi connectivity index (χ1) is 21.2. The first-order valence-electron chi connectivity index (χ1n) is 13.3. The highest BCUT2D eigenvalue weighted by atomic mass is 32.2. The van der Waals surface area contributed by atoms with Crippen molar-refractivity contribution in [1.82, 2.24) is 24.3 Å². The molecule has 0 aromatic carbocycles. The van der Waals surface area contributed by atoms with Crippen LogP contribution in [0.1, 0.15) is 26.1 Å². The molecule has 21 heteroatoms. The summed E-state index contributed by atoms with van der Waals surface area (Å²) in [6.07, 6.45) is 1.10. The molecule has 4 heterocycles. The third kappa shape index (κ3) is 6.83. The van der Waals surface area contributed by atoms with E-state index in [1.165, 1.54) is 36.5 Å². The summed E-state index contributed by atoms with van der Waals surface area (Å²) in [6.45, 7) is 2.93. The van der Waals surface area contributed by atoms with Gasteiger partial charge in [-0.25, -0.2) is 9.59 Å². The van der Waals surface area contributed by atoms with Gasteiger partial charge >= 0.3 is 12.0 Å². The van der Waals surface area contributed by atoms with Gasteiger partial charge in [0.2, 0.25) is 23.5 Å². The summed E-state index contributed by atoms with van der Waals surface area (Å²) >= 11 is 2.02. The monoisotopic (exact) mass is 665 g/mol. The van der Waals surface area contributed by atoms with E-state index >= 15 is 0 Å². The zero-order chi connectivity index (χ0) is 33.2. The summed E-state index contributed by atoms with van der Waals surface area (Å²) in [5, 5.41) is 29.8. The van der Waals surface area contributed by atoms with Crippen molar-refractivity contribution in [2.24, 2.45) is 23.9 Å². The quantitative estimate of drug-likeness (QED) is 0.0545. The number of carbonyl (C=O) groups excluding carboxylic acids is 4. The van der Waals surface area contributed by atoms with Crippen LogP contribution >= 0.6 is 23.3 Å². The predicted octanol–water partition coefficient (Wildman–Crippen LogP) is -2.81. The van der Waals surface area contributed by atoms with Gasteiger partial charge in [0.05, 0.1) is 30.0 Å². The number of nitrogen functional groups attached to an aromatic ring is 2. The summed E-state index contributed by atoms with van der Waals surface area (Å²) in [4.78, 5) is 72.5. The number of aliphatic carboxylic acids is 2. The number of nitrogens with one attached hydrogen (secondary N) is 2. The van der Waals surface area contributed by atoms with Crippen LogP contribution in [0.4, 0.5) is 21.4 Å². The lowest BCUT2D eigenvalue weighted by Gasteiger charge is -2.50. The molecular formula is C24H31N11O8S2. The molecule has 2 aliphatic rings. The maximum atomic E-state index is 13.3. The number of hydrogen-bond donors (Lipinski definition) is 6. The van der Waals surface area contributed by atoms with E-state index in [1.54, 1.807) is 11.7 Å². The van der Waals surface area contributed by atoms with Crippen molar-refractivity contribution in [3.63, 3.8) is 0 Å². The predicted molar refractivity (Wildman–Crippen MR) is 158 cm³/mol. The highest BCUT2D eigenvalue weighted by molar-refractivity contribution is 8.00. The summed E-state index contributed by atoms with van der Waals surface area (Å²) in [5.41, 5.74) is 15.2. The van der Waals surface area contributed by atoms with Crippen LogP contribution in [-0.2, 0) is 37.6 Å². The van der Waals surface area contributed by atoms with Gasteiger partial charge in [0, 0.05) is 42.4 Å². The van der Waals surface area contributed by atoms with E-state index in [0.29, 0.717) is 5.57 Å². The molecule has 2 aromatic heterocycles. The van der Waals surface area contributed by atoms with Crippen molar-refractivity contribution in [3.8, 4) is 0 Å². The highest BCUT2D eigenvalue weighted by Gasteiger charge is 2.53. The Balaban J connectivity index is 1.54. The summed E-state index contributed by atoms with van der Waals surface area (Å²) < 4.78 is 7.01. The minimum Gasteiger partial charge on any atom is -0.543 e. The van der Waals surface area contributed by atoms with Crippen LogP contribution in [0, 0.1) is 5.92 Å². The van der Waals surface area contributed by atoms with Crippen molar-refractivity contribution < 1.29 is 43.7 Å². The van der Waals surface area contributed by atoms with Crippen LogP contribution in [0.15, 0.2) is 22.6 Å². The number of nitrogens with zero attached hydrogens (tertiary/aromatic N) is 6. The van der Waals surface area contributed by atoms with Crippen molar-refractivity contribution in [2.45, 2.75) is 37.8 Å². The number of nitrogens with two attached hydrogens (primary N) is 3. The number of carboxylic acid groups (broad SMARTS) is 2. The topological polar surface area (TPSA) is 290 Å². The Morgan fingerprint density at radius 2 is 2.02 bits per heavy atom. The lowest BCUT2D eigenvalue weighted by Crippen LogP contribution is -2.63. The van der Waals surface area contributed by atoms with Crippen LogP contribution in [0.5, 0.6) is 0 Å². The first kappa shape index (κ1) is 33.1. The number of fused-ring (bicyclic) bond motifs is 1. The van der Waals surface area contributed by atoms with Gasteiger partial charge in [0.15, 0.2) is 34.7 Å². The lowest BCUT2D eigenvalue weighted by molar-refractivity contribution is -0.765. The summed E-state index contributed by atoms with van der Waals surface area (Å²) in [7, 11) is 1.61. The SMILES string of the molecule is Cn1c(N)c(NC(=O)NCCN)c[n+]1CC1=C(C(=O)[O-])N2C(=O)[C@@H](CC(=O)/C(=N/OC(C)(C)C(=O)O)c3nsc(N)n3)C2SC1. The zero-order valence-corrected chi connectivity index (χ0v) is 25.9. The van der Waals surface area contributed by atoms with E-state index in [9.17, 15) is 34.2 Å². The standard InChI is InChI=1S/C24H31N11O8S2/c1-24(2,21(40)41)43-31-14(17-30-22(27)45-32-17)13(36)6-11-18(37)35-15(20(38)39)10(9-44-19(11)35)7-34-8-12(16(26)33(34)3)29-23(42)28-5-4-25/h8,11,19,26H,4-7,9,25H2,1-3H3,(H6,27,28,29,30,32,38,39,40,41,42)/b31-14-/t11-,19?/m1/s1. The van der Waals surface area contributed by atoms with Gasteiger partial charge in [-0.1, -0.05) is 5.16 Å². The number of hydrogen-bond acceptors (Lipinski definition) is 15. The number of amides is 3. The number of carboxylic acids is 2. The molecule has 2 aliphatic heterocycles. The van der Waals surface area contributed by atoms with Crippen molar-refractivity contribution >= 4 is 75.3 Å². The first-order valence-corrected chi connectivity index (χ1v) is 15.1. The fourth-order valence-corrected chi connectivity index (χ4v) is 6.22. The molecule has 1 fully saturated rings. The average Bonchev–Trinajstić information content (AvgIpc) is 3.52. The number of aromatic nitrogens is 4. The minimum atomic E-state index is -1.80. The second kappa shape index (κ2) is 13.1. The van der Waals surface area contributed by atoms with Crippen LogP contribution in [0.25, 0.3) is 0 Å². The Morgan fingerprint density at radius 3 is 2.62 bits per heavy atom. The summed E-state index contributed by atoms with van der Waals surface area (Å²) in [6, 6.07) is -0.526. The van der Waals surface area contributed by atoms with Gasteiger partial charge < -0.3 is 42.4 Å². The van der Waals surface area contributed by atoms with E-state index in [2.05, 4.69) is 25.1 Å². The Morgan fingerprint density at radius 1 is 1.31 bits per heavy atom. The van der Waals surface area contributed by atoms with Gasteiger partial charge in [-0.3, -0.25) is 19.8 Å². The molecule has 0 aliphatic carbocycles. The van der Waals surface area contributed by atoms with Gasteiger partial charge in [-0.15, -0.1) is 21.1 Å². The minimum absolute atomic E-state index is 0.00632. The molecule has 4 rings (SSSR count). The number of Topliss-reactive ketones (excluding diaryl/α,β-unsaturated/α-hetero) is 1. The van der Waals surface area contributed by atoms with E-state index in [4.69, 9.17) is 22.0 Å². The number of oxime groups is 1. The molecule has 9 N–H and O–H groups in total. The number of thioether (sulfide) groups is 1.